The second kappa shape index (κ2) is 5.46. The normalized spacial score (nSPS) is 22.2. The van der Waals surface area contributed by atoms with E-state index in [2.05, 4.69) is 0 Å². The molecule has 1 aliphatic heterocycles. The molecule has 5 heteroatoms. The van der Waals surface area contributed by atoms with E-state index in [1.807, 2.05) is 23.6 Å². The second-order valence-corrected chi connectivity index (χ2v) is 5.48. The molecule has 2 heterocycles. The lowest BCUT2D eigenvalue weighted by molar-refractivity contribution is -0.213. The maximum atomic E-state index is 12.0. The average molecular weight is 288 g/mol. The molecule has 20 heavy (non-hydrogen) atoms. The largest absolute Gasteiger partial charge is 0.420 e. The Labute approximate surface area is 119 Å². The van der Waals surface area contributed by atoms with Crippen molar-refractivity contribution < 1.29 is 19.1 Å². The van der Waals surface area contributed by atoms with Crippen LogP contribution in [0.5, 0.6) is 0 Å². The van der Waals surface area contributed by atoms with Gasteiger partial charge < -0.3 is 9.47 Å². The number of hydrogen-bond acceptors (Lipinski definition) is 5. The summed E-state index contributed by atoms with van der Waals surface area (Å²) in [6, 6.07) is 12.7. The van der Waals surface area contributed by atoms with Gasteiger partial charge in [-0.15, -0.1) is 11.3 Å². The van der Waals surface area contributed by atoms with Crippen molar-refractivity contribution in [2.24, 2.45) is 5.92 Å². The van der Waals surface area contributed by atoms with Crippen LogP contribution in [0.15, 0.2) is 47.8 Å². The lowest BCUT2D eigenvalue weighted by Crippen LogP contribution is -2.37. The predicted octanol–water partition coefficient (Wildman–Crippen LogP) is 2.71. The number of thiophene rings is 1. The molecule has 0 bridgehead atoms. The summed E-state index contributed by atoms with van der Waals surface area (Å²) in [7, 11) is 0. The van der Waals surface area contributed by atoms with E-state index in [4.69, 9.17) is 9.47 Å². The third kappa shape index (κ3) is 2.58. The van der Waals surface area contributed by atoms with Crippen LogP contribution in [-0.2, 0) is 25.5 Å². The first kappa shape index (κ1) is 12.9. The summed E-state index contributed by atoms with van der Waals surface area (Å²) in [4.78, 5) is 25.0. The Bertz CT molecular complexity index is 588. The Morgan fingerprint density at radius 3 is 2.25 bits per heavy atom. The third-order valence-corrected chi connectivity index (χ3v) is 3.97. The third-order valence-electron chi connectivity index (χ3n) is 3.07. The van der Waals surface area contributed by atoms with Crippen LogP contribution in [0, 0.1) is 5.92 Å². The highest BCUT2D eigenvalue weighted by Gasteiger charge is 2.39. The zero-order valence-electron chi connectivity index (χ0n) is 10.5. The monoisotopic (exact) mass is 288 g/mol. The van der Waals surface area contributed by atoms with E-state index in [0.29, 0.717) is 12.0 Å². The molecule has 0 amide bonds. The molecular formula is C15H12O4S. The smallest absolute Gasteiger partial charge is 0.324 e. The van der Waals surface area contributed by atoms with Gasteiger partial charge in [0.15, 0.2) is 5.92 Å². The summed E-state index contributed by atoms with van der Waals surface area (Å²) in [5.41, 5.74) is 0.656. The Hall–Kier alpha value is -2.14. The highest BCUT2D eigenvalue weighted by molar-refractivity contribution is 7.09. The van der Waals surface area contributed by atoms with Gasteiger partial charge in [0, 0.05) is 16.9 Å². The minimum absolute atomic E-state index is 0.330. The lowest BCUT2D eigenvalue weighted by atomic mass is 10.0. The Balaban J connectivity index is 1.73. The van der Waals surface area contributed by atoms with Crippen molar-refractivity contribution in [3.05, 3.63) is 58.3 Å². The van der Waals surface area contributed by atoms with Gasteiger partial charge in [-0.05, 0) is 11.4 Å². The van der Waals surface area contributed by atoms with Crippen molar-refractivity contribution in [1.82, 2.24) is 0 Å². The quantitative estimate of drug-likeness (QED) is 0.643. The van der Waals surface area contributed by atoms with Crippen LogP contribution in [0.2, 0.25) is 0 Å². The standard InChI is InChI=1S/C15H12O4S/c16-13-12(9-11-7-4-8-20-11)14(17)19-15(18-13)10-5-2-1-3-6-10/h1-8,12,15H,9H2. The van der Waals surface area contributed by atoms with E-state index in [0.717, 1.165) is 4.88 Å². The molecule has 0 radical (unpaired) electrons. The van der Waals surface area contributed by atoms with Crippen molar-refractivity contribution in [2.75, 3.05) is 0 Å². The number of rotatable bonds is 3. The van der Waals surface area contributed by atoms with E-state index >= 15 is 0 Å². The number of carbonyl (C=O) groups is 2. The first-order chi connectivity index (χ1) is 9.74. The maximum Gasteiger partial charge on any atom is 0.324 e. The fourth-order valence-corrected chi connectivity index (χ4v) is 2.79. The molecule has 1 aromatic carbocycles. The number of hydrogen-bond donors (Lipinski definition) is 0. The van der Waals surface area contributed by atoms with Crippen molar-refractivity contribution in [3.63, 3.8) is 0 Å². The summed E-state index contributed by atoms with van der Waals surface area (Å²) >= 11 is 1.50. The summed E-state index contributed by atoms with van der Waals surface area (Å²) < 4.78 is 10.5. The van der Waals surface area contributed by atoms with Gasteiger partial charge in [0.25, 0.3) is 6.29 Å². The number of cyclic esters (lactones) is 2. The first-order valence-corrected chi connectivity index (χ1v) is 7.10. The van der Waals surface area contributed by atoms with Crippen LogP contribution in [0.25, 0.3) is 0 Å². The molecule has 0 unspecified atom stereocenters. The highest BCUT2D eigenvalue weighted by atomic mass is 32.1. The molecule has 4 nitrogen and oxygen atoms in total. The van der Waals surface area contributed by atoms with Gasteiger partial charge in [-0.3, -0.25) is 9.59 Å². The molecule has 0 atom stereocenters. The maximum absolute atomic E-state index is 12.0. The Morgan fingerprint density at radius 1 is 0.950 bits per heavy atom. The molecule has 0 spiro atoms. The summed E-state index contributed by atoms with van der Waals surface area (Å²) in [5.74, 6) is -1.92. The Kier molecular flexibility index (Phi) is 3.52. The van der Waals surface area contributed by atoms with Crippen LogP contribution >= 0.6 is 11.3 Å². The van der Waals surface area contributed by atoms with Crippen LogP contribution in [-0.4, -0.2) is 11.9 Å². The van der Waals surface area contributed by atoms with Gasteiger partial charge in [-0.2, -0.15) is 0 Å². The number of ether oxygens (including phenoxy) is 2. The minimum Gasteiger partial charge on any atom is -0.420 e. The number of esters is 2. The van der Waals surface area contributed by atoms with Crippen molar-refractivity contribution in [1.29, 1.82) is 0 Å². The van der Waals surface area contributed by atoms with Gasteiger partial charge in [-0.1, -0.05) is 36.4 Å². The number of benzene rings is 1. The van der Waals surface area contributed by atoms with E-state index in [9.17, 15) is 9.59 Å². The van der Waals surface area contributed by atoms with E-state index < -0.39 is 24.1 Å². The van der Waals surface area contributed by atoms with E-state index in [1.165, 1.54) is 11.3 Å². The fourth-order valence-electron chi connectivity index (χ4n) is 2.04. The fraction of sp³-hybridized carbons (Fsp3) is 0.200. The molecule has 0 aliphatic carbocycles. The highest BCUT2D eigenvalue weighted by Crippen LogP contribution is 2.29. The molecule has 3 rings (SSSR count). The Morgan fingerprint density at radius 2 is 1.65 bits per heavy atom. The summed E-state index contributed by atoms with van der Waals surface area (Å²) in [6.07, 6.45) is -0.604. The van der Waals surface area contributed by atoms with Gasteiger partial charge in [0.1, 0.15) is 0 Å². The molecular weight excluding hydrogens is 276 g/mol. The number of carbonyl (C=O) groups excluding carboxylic acids is 2. The van der Waals surface area contributed by atoms with E-state index in [1.54, 1.807) is 24.3 Å². The minimum atomic E-state index is -0.934. The van der Waals surface area contributed by atoms with E-state index in [-0.39, 0.29) is 0 Å². The SMILES string of the molecule is O=C1OC(c2ccccc2)OC(=O)C1Cc1cccs1. The molecule has 1 aliphatic rings. The lowest BCUT2D eigenvalue weighted by Gasteiger charge is -2.27. The topological polar surface area (TPSA) is 52.6 Å². The zero-order chi connectivity index (χ0) is 13.9. The van der Waals surface area contributed by atoms with Crippen molar-refractivity contribution >= 4 is 23.3 Å². The summed E-state index contributed by atoms with van der Waals surface area (Å²) in [5, 5.41) is 1.90. The van der Waals surface area contributed by atoms with Crippen LogP contribution in [0.1, 0.15) is 16.7 Å². The molecule has 2 aromatic rings. The average Bonchev–Trinajstić information content (AvgIpc) is 2.97. The zero-order valence-corrected chi connectivity index (χ0v) is 11.3. The molecule has 102 valence electrons. The summed E-state index contributed by atoms with van der Waals surface area (Å²) in [6.45, 7) is 0. The van der Waals surface area contributed by atoms with Gasteiger partial charge in [0.2, 0.25) is 0 Å². The van der Waals surface area contributed by atoms with Gasteiger partial charge in [-0.25, -0.2) is 0 Å². The van der Waals surface area contributed by atoms with Crippen molar-refractivity contribution in [2.45, 2.75) is 12.7 Å². The van der Waals surface area contributed by atoms with Crippen molar-refractivity contribution in [3.8, 4) is 0 Å². The molecule has 1 aromatic heterocycles. The molecule has 0 N–H and O–H groups in total. The molecule has 1 saturated heterocycles. The molecule has 1 fully saturated rings. The first-order valence-electron chi connectivity index (χ1n) is 6.22. The van der Waals surface area contributed by atoms with Gasteiger partial charge >= 0.3 is 11.9 Å². The van der Waals surface area contributed by atoms with Gasteiger partial charge in [0.05, 0.1) is 0 Å². The predicted molar refractivity (Wildman–Crippen MR) is 72.9 cm³/mol. The molecule has 0 saturated carbocycles. The second-order valence-electron chi connectivity index (χ2n) is 4.45. The van der Waals surface area contributed by atoms with Crippen LogP contribution in [0.4, 0.5) is 0 Å². The van der Waals surface area contributed by atoms with Crippen LogP contribution in [0.3, 0.4) is 0 Å². The van der Waals surface area contributed by atoms with Crippen LogP contribution < -0.4 is 0 Å².